The Morgan fingerprint density at radius 3 is 2.12 bits per heavy atom. The highest BCUT2D eigenvalue weighted by Crippen LogP contribution is 2.20. The van der Waals surface area contributed by atoms with E-state index in [1.807, 2.05) is 13.8 Å². The van der Waals surface area contributed by atoms with E-state index in [0.717, 1.165) is 12.0 Å². The predicted octanol–water partition coefficient (Wildman–Crippen LogP) is 2.84. The number of piperidine rings is 1. The lowest BCUT2D eigenvalue weighted by molar-refractivity contribution is 0.148. The minimum Gasteiger partial charge on any atom is -0.302 e. The fourth-order valence-electron chi connectivity index (χ4n) is 2.75. The third kappa shape index (κ3) is 4.06. The average Bonchev–Trinajstić information content (AvgIpc) is 2.71. The van der Waals surface area contributed by atoms with Crippen molar-refractivity contribution in [3.8, 4) is 0 Å². The van der Waals surface area contributed by atoms with Gasteiger partial charge in [-0.1, -0.05) is 20.8 Å². The molecule has 2 rings (SSSR count). The molecule has 2 aliphatic heterocycles. The zero-order valence-corrected chi connectivity index (χ0v) is 11.7. The molecule has 0 radical (unpaired) electrons. The molecule has 2 nitrogen and oxygen atoms in total. The first-order valence-corrected chi connectivity index (χ1v) is 7.18. The Balaban J connectivity index is 0.000000606. The van der Waals surface area contributed by atoms with E-state index in [-0.39, 0.29) is 0 Å². The van der Waals surface area contributed by atoms with Gasteiger partial charge in [0.05, 0.1) is 0 Å². The van der Waals surface area contributed by atoms with Crippen molar-refractivity contribution in [3.05, 3.63) is 0 Å². The fourth-order valence-corrected chi connectivity index (χ4v) is 2.75. The van der Waals surface area contributed by atoms with Gasteiger partial charge in [-0.05, 0) is 58.3 Å². The van der Waals surface area contributed by atoms with Crippen LogP contribution >= 0.6 is 0 Å². The van der Waals surface area contributed by atoms with Crippen LogP contribution in [0, 0.1) is 5.92 Å². The summed E-state index contributed by atoms with van der Waals surface area (Å²) in [5.74, 6) is 0.965. The molecule has 0 aromatic carbocycles. The highest BCUT2D eigenvalue weighted by molar-refractivity contribution is 4.81. The standard InChI is InChI=1S/C12H24N2.C2H6/c1-11-5-8-14(9-6-11)10-12-4-3-7-13(12)2;1-2/h11-12H,3-10H2,1-2H3;1-2H3/t12-;/m0./s1. The molecule has 0 bridgehead atoms. The zero-order chi connectivity index (χ0) is 12.0. The second kappa shape index (κ2) is 7.29. The van der Waals surface area contributed by atoms with Gasteiger partial charge in [0.1, 0.15) is 0 Å². The highest BCUT2D eigenvalue weighted by atomic mass is 15.2. The summed E-state index contributed by atoms with van der Waals surface area (Å²) >= 11 is 0. The maximum Gasteiger partial charge on any atom is 0.0220 e. The van der Waals surface area contributed by atoms with Crippen molar-refractivity contribution in [1.29, 1.82) is 0 Å². The van der Waals surface area contributed by atoms with Gasteiger partial charge in [-0.3, -0.25) is 0 Å². The summed E-state index contributed by atoms with van der Waals surface area (Å²) < 4.78 is 0. The van der Waals surface area contributed by atoms with Gasteiger partial charge in [0.25, 0.3) is 0 Å². The van der Waals surface area contributed by atoms with Crippen LogP contribution in [0.3, 0.4) is 0 Å². The molecule has 0 spiro atoms. The van der Waals surface area contributed by atoms with E-state index in [2.05, 4.69) is 23.8 Å². The molecule has 1 atom stereocenters. The summed E-state index contributed by atoms with van der Waals surface area (Å²) in [4.78, 5) is 5.21. The van der Waals surface area contributed by atoms with Gasteiger partial charge < -0.3 is 9.80 Å². The number of hydrogen-bond donors (Lipinski definition) is 0. The second-order valence-electron chi connectivity index (χ2n) is 5.26. The fraction of sp³-hybridized carbons (Fsp3) is 1.00. The molecule has 2 heterocycles. The van der Waals surface area contributed by atoms with Crippen LogP contribution < -0.4 is 0 Å². The molecule has 2 aliphatic rings. The molecule has 2 fully saturated rings. The Morgan fingerprint density at radius 2 is 1.62 bits per heavy atom. The number of rotatable bonds is 2. The summed E-state index contributed by atoms with van der Waals surface area (Å²) in [6, 6.07) is 0.850. The van der Waals surface area contributed by atoms with Crippen molar-refractivity contribution in [3.63, 3.8) is 0 Å². The lowest BCUT2D eigenvalue weighted by Gasteiger charge is -2.33. The van der Waals surface area contributed by atoms with Crippen molar-refractivity contribution < 1.29 is 0 Å². The largest absolute Gasteiger partial charge is 0.302 e. The van der Waals surface area contributed by atoms with Gasteiger partial charge in [-0.15, -0.1) is 0 Å². The minimum atomic E-state index is 0.850. The van der Waals surface area contributed by atoms with Crippen molar-refractivity contribution in [1.82, 2.24) is 9.80 Å². The van der Waals surface area contributed by atoms with Gasteiger partial charge >= 0.3 is 0 Å². The summed E-state index contributed by atoms with van der Waals surface area (Å²) in [5, 5.41) is 0. The monoisotopic (exact) mass is 226 g/mol. The van der Waals surface area contributed by atoms with E-state index in [0.29, 0.717) is 0 Å². The van der Waals surface area contributed by atoms with Crippen molar-refractivity contribution in [2.45, 2.75) is 52.5 Å². The molecular formula is C14H30N2. The summed E-state index contributed by atoms with van der Waals surface area (Å²) in [6.45, 7) is 11.7. The quantitative estimate of drug-likeness (QED) is 0.714. The Bertz CT molecular complexity index is 174. The topological polar surface area (TPSA) is 6.48 Å². The van der Waals surface area contributed by atoms with Crippen molar-refractivity contribution >= 4 is 0 Å². The first kappa shape index (κ1) is 14.0. The number of nitrogens with zero attached hydrogens (tertiary/aromatic N) is 2. The van der Waals surface area contributed by atoms with Crippen molar-refractivity contribution in [2.24, 2.45) is 5.92 Å². The Hall–Kier alpha value is -0.0800. The molecule has 0 N–H and O–H groups in total. The van der Waals surface area contributed by atoms with E-state index in [4.69, 9.17) is 0 Å². The predicted molar refractivity (Wildman–Crippen MR) is 71.8 cm³/mol. The van der Waals surface area contributed by atoms with Crippen LogP contribution in [0.2, 0.25) is 0 Å². The number of hydrogen-bond acceptors (Lipinski definition) is 2. The molecule has 0 saturated carbocycles. The minimum absolute atomic E-state index is 0.850. The van der Waals surface area contributed by atoms with Crippen LogP contribution in [-0.4, -0.2) is 49.1 Å². The second-order valence-corrected chi connectivity index (χ2v) is 5.26. The Kier molecular flexibility index (Phi) is 6.37. The van der Waals surface area contributed by atoms with Gasteiger partial charge in [-0.25, -0.2) is 0 Å². The van der Waals surface area contributed by atoms with Crippen LogP contribution in [0.1, 0.15) is 46.5 Å². The lowest BCUT2D eigenvalue weighted by atomic mass is 9.99. The molecular weight excluding hydrogens is 196 g/mol. The Labute approximate surface area is 102 Å². The van der Waals surface area contributed by atoms with E-state index >= 15 is 0 Å². The highest BCUT2D eigenvalue weighted by Gasteiger charge is 2.24. The average molecular weight is 226 g/mol. The van der Waals surface area contributed by atoms with Gasteiger partial charge in [0.15, 0.2) is 0 Å². The zero-order valence-electron chi connectivity index (χ0n) is 11.7. The van der Waals surface area contributed by atoms with Gasteiger partial charge in [-0.2, -0.15) is 0 Å². The van der Waals surface area contributed by atoms with E-state index in [1.165, 1.54) is 51.9 Å². The SMILES string of the molecule is CC.CC1CCN(C[C@@H]2CCCN2C)CC1. The molecule has 0 unspecified atom stereocenters. The summed E-state index contributed by atoms with van der Waals surface area (Å²) in [5.41, 5.74) is 0. The number of likely N-dealkylation sites (tertiary alicyclic amines) is 2. The first-order chi connectivity index (χ1) is 7.75. The Morgan fingerprint density at radius 1 is 1.00 bits per heavy atom. The molecule has 0 amide bonds. The lowest BCUT2D eigenvalue weighted by Crippen LogP contribution is -2.42. The molecule has 0 aromatic heterocycles. The van der Waals surface area contributed by atoms with Crippen LogP contribution in [0.4, 0.5) is 0 Å². The molecule has 96 valence electrons. The smallest absolute Gasteiger partial charge is 0.0220 e. The van der Waals surface area contributed by atoms with Crippen molar-refractivity contribution in [2.75, 3.05) is 33.2 Å². The third-order valence-electron chi connectivity index (χ3n) is 4.02. The van der Waals surface area contributed by atoms with E-state index in [1.54, 1.807) is 0 Å². The maximum atomic E-state index is 2.67. The third-order valence-corrected chi connectivity index (χ3v) is 4.02. The van der Waals surface area contributed by atoms with E-state index < -0.39 is 0 Å². The van der Waals surface area contributed by atoms with Crippen LogP contribution in [0.5, 0.6) is 0 Å². The summed E-state index contributed by atoms with van der Waals surface area (Å²) in [7, 11) is 2.28. The van der Waals surface area contributed by atoms with Gasteiger partial charge in [0, 0.05) is 12.6 Å². The van der Waals surface area contributed by atoms with E-state index in [9.17, 15) is 0 Å². The molecule has 2 saturated heterocycles. The normalized spacial score (nSPS) is 28.9. The summed E-state index contributed by atoms with van der Waals surface area (Å²) in [6.07, 6.45) is 5.65. The molecule has 0 aliphatic carbocycles. The molecule has 0 aromatic rings. The number of likely N-dealkylation sites (N-methyl/N-ethyl adjacent to an activating group) is 1. The maximum absolute atomic E-state index is 2.67. The van der Waals surface area contributed by atoms with Gasteiger partial charge in [0.2, 0.25) is 0 Å². The van der Waals surface area contributed by atoms with Crippen LogP contribution in [-0.2, 0) is 0 Å². The van der Waals surface area contributed by atoms with Crippen LogP contribution in [0.25, 0.3) is 0 Å². The molecule has 16 heavy (non-hydrogen) atoms. The first-order valence-electron chi connectivity index (χ1n) is 7.18. The molecule has 2 heteroatoms. The van der Waals surface area contributed by atoms with Crippen LogP contribution in [0.15, 0.2) is 0 Å².